The van der Waals surface area contributed by atoms with E-state index in [1.807, 2.05) is 0 Å². The van der Waals surface area contributed by atoms with Gasteiger partial charge in [0.25, 0.3) is 0 Å². The van der Waals surface area contributed by atoms with Crippen molar-refractivity contribution in [1.29, 1.82) is 0 Å². The number of hydrogen-bond donors (Lipinski definition) is 3. The van der Waals surface area contributed by atoms with E-state index in [0.29, 0.717) is 11.1 Å². The molecule has 0 aliphatic rings. The Balaban J connectivity index is 2.05. The molecule has 0 fully saturated rings. The summed E-state index contributed by atoms with van der Waals surface area (Å²) in [6, 6.07) is 10.3. The van der Waals surface area contributed by atoms with Gasteiger partial charge in [0.1, 0.15) is 0 Å². The van der Waals surface area contributed by atoms with Crippen molar-refractivity contribution in [2.24, 2.45) is 0 Å². The van der Waals surface area contributed by atoms with Crippen LogP contribution in [0.4, 0.5) is 18.0 Å². The predicted octanol–water partition coefficient (Wildman–Crippen LogP) is 5.96. The van der Waals surface area contributed by atoms with Crippen molar-refractivity contribution >= 4 is 29.4 Å². The minimum atomic E-state index is -5.09. The Morgan fingerprint density at radius 1 is 1.03 bits per heavy atom. The number of alkyl halides is 3. The average Bonchev–Trinajstić information content (AvgIpc) is 2.73. The molecule has 3 N–H and O–H groups in total. The predicted molar refractivity (Wildman–Crippen MR) is 116 cm³/mol. The van der Waals surface area contributed by atoms with Gasteiger partial charge in [-0.1, -0.05) is 48.3 Å². The summed E-state index contributed by atoms with van der Waals surface area (Å²) in [5, 5.41) is 19.6. The van der Waals surface area contributed by atoms with Gasteiger partial charge in [0, 0.05) is 28.8 Å². The van der Waals surface area contributed by atoms with Crippen LogP contribution < -0.4 is 10.3 Å². The smallest absolute Gasteiger partial charge is 0.449 e. The van der Waals surface area contributed by atoms with E-state index in [0.717, 1.165) is 18.3 Å². The number of aromatic nitrogens is 1. The number of rotatable bonds is 5. The zero-order chi connectivity index (χ0) is 24.6. The number of halogens is 5. The van der Waals surface area contributed by atoms with Gasteiger partial charge in [-0.2, -0.15) is 13.2 Å². The van der Waals surface area contributed by atoms with E-state index < -0.39 is 35.0 Å². The van der Waals surface area contributed by atoms with Crippen LogP contribution in [0.1, 0.15) is 24.0 Å². The quantitative estimate of drug-likeness (QED) is 0.296. The zero-order valence-electron chi connectivity index (χ0n) is 16.8. The van der Waals surface area contributed by atoms with E-state index >= 15 is 0 Å². The highest BCUT2D eigenvalue weighted by molar-refractivity contribution is 6.32. The molecule has 0 aliphatic carbocycles. The molecule has 0 aliphatic heterocycles. The van der Waals surface area contributed by atoms with Crippen LogP contribution in [0.15, 0.2) is 59.5 Å². The lowest BCUT2D eigenvalue weighted by atomic mass is 9.78. The highest BCUT2D eigenvalue weighted by atomic mass is 35.5. The molecule has 3 aromatic rings. The lowest BCUT2D eigenvalue weighted by Crippen LogP contribution is -2.46. The number of hydrogen-bond acceptors (Lipinski definition) is 4. The van der Waals surface area contributed by atoms with E-state index in [2.05, 4.69) is 9.72 Å². The molecule has 2 aromatic carbocycles. The molecule has 0 bridgehead atoms. The number of aliphatic hydroxyl groups is 1. The average molecular weight is 502 g/mol. The Morgan fingerprint density at radius 2 is 1.67 bits per heavy atom. The van der Waals surface area contributed by atoms with Crippen LogP contribution in [0.5, 0.6) is 5.75 Å². The van der Waals surface area contributed by atoms with Crippen LogP contribution in [-0.4, -0.2) is 27.5 Å². The van der Waals surface area contributed by atoms with Crippen molar-refractivity contribution in [3.8, 4) is 16.9 Å². The van der Waals surface area contributed by atoms with Gasteiger partial charge in [0.2, 0.25) is 5.56 Å². The van der Waals surface area contributed by atoms with E-state index in [-0.39, 0.29) is 21.4 Å². The Hall–Kier alpha value is -3.01. The maximum atomic E-state index is 14.0. The maximum absolute atomic E-state index is 14.0. The molecule has 0 saturated carbocycles. The second-order valence-electron chi connectivity index (χ2n) is 7.18. The molecule has 2 unspecified atom stereocenters. The molecule has 1 heterocycles. The van der Waals surface area contributed by atoms with E-state index in [9.17, 15) is 27.9 Å². The normalized spacial score (nSPS) is 14.4. The maximum Gasteiger partial charge on any atom is 0.511 e. The first-order valence-corrected chi connectivity index (χ1v) is 10.1. The SMILES string of the molecule is CC(c1ccc(-c2ccc(Cl)c(OC(=O)O)c2)cc1Cl)C(O)(c1ccc(=O)[nH]c1)C(F)(F)F. The first-order chi connectivity index (χ1) is 15.3. The van der Waals surface area contributed by atoms with Crippen molar-refractivity contribution in [2.45, 2.75) is 24.6 Å². The first kappa shape index (κ1) is 24.6. The third-order valence-electron chi connectivity index (χ3n) is 5.21. The summed E-state index contributed by atoms with van der Waals surface area (Å²) in [5.41, 5.74) is -3.61. The van der Waals surface area contributed by atoms with Gasteiger partial charge in [0.15, 0.2) is 11.4 Å². The number of nitrogens with one attached hydrogen (secondary N) is 1. The molecular formula is C22H16Cl2F3NO5. The lowest BCUT2D eigenvalue weighted by molar-refractivity contribution is -0.274. The molecule has 6 nitrogen and oxygen atoms in total. The van der Waals surface area contributed by atoms with Gasteiger partial charge in [-0.15, -0.1) is 0 Å². The molecule has 0 spiro atoms. The summed E-state index contributed by atoms with van der Waals surface area (Å²) in [7, 11) is 0. The van der Waals surface area contributed by atoms with Gasteiger partial charge in [-0.25, -0.2) is 4.79 Å². The Morgan fingerprint density at radius 3 is 2.21 bits per heavy atom. The van der Waals surface area contributed by atoms with Crippen LogP contribution in [0.3, 0.4) is 0 Å². The minimum Gasteiger partial charge on any atom is -0.449 e. The zero-order valence-corrected chi connectivity index (χ0v) is 18.3. The fraction of sp³-hybridized carbons (Fsp3) is 0.182. The van der Waals surface area contributed by atoms with Gasteiger partial charge in [0.05, 0.1) is 5.02 Å². The second kappa shape index (κ2) is 9.09. The van der Waals surface area contributed by atoms with Gasteiger partial charge >= 0.3 is 12.3 Å². The molecule has 33 heavy (non-hydrogen) atoms. The molecule has 174 valence electrons. The molecule has 1 aromatic heterocycles. The fourth-order valence-electron chi connectivity index (χ4n) is 3.44. The molecule has 0 amide bonds. The topological polar surface area (TPSA) is 99.6 Å². The first-order valence-electron chi connectivity index (χ1n) is 9.33. The number of benzene rings is 2. The summed E-state index contributed by atoms with van der Waals surface area (Å²) in [5.74, 6) is -1.68. The number of H-pyrrole nitrogens is 1. The number of carboxylic acid groups (broad SMARTS) is 1. The Kier molecular flexibility index (Phi) is 6.78. The van der Waals surface area contributed by atoms with Gasteiger partial charge < -0.3 is 19.9 Å². The summed E-state index contributed by atoms with van der Waals surface area (Å²) < 4.78 is 46.7. The van der Waals surface area contributed by atoms with Gasteiger partial charge in [-0.3, -0.25) is 4.79 Å². The minimum absolute atomic E-state index is 0.00224. The Bertz CT molecular complexity index is 1240. The second-order valence-corrected chi connectivity index (χ2v) is 7.99. The van der Waals surface area contributed by atoms with Crippen molar-refractivity contribution < 1.29 is 32.9 Å². The molecule has 3 rings (SSSR count). The third-order valence-corrected chi connectivity index (χ3v) is 5.85. The number of ether oxygens (including phenoxy) is 1. The largest absolute Gasteiger partial charge is 0.511 e. The molecule has 0 radical (unpaired) electrons. The van der Waals surface area contributed by atoms with Crippen LogP contribution in [0.2, 0.25) is 10.0 Å². The highest BCUT2D eigenvalue weighted by Gasteiger charge is 2.59. The summed E-state index contributed by atoms with van der Waals surface area (Å²) in [4.78, 5) is 24.2. The van der Waals surface area contributed by atoms with Gasteiger partial charge in [-0.05, 0) is 41.0 Å². The molecular weight excluding hydrogens is 486 g/mol. The standard InChI is InChI=1S/C22H16Cl2F3NO5/c1-11(21(32,22(25,26)27)14-4-7-19(29)28-10-14)15-5-2-12(8-17(15)24)13-3-6-16(23)18(9-13)33-20(30)31/h2-11,32H,1H3,(H,28,29)(H,30,31). The van der Waals surface area contributed by atoms with Crippen LogP contribution >= 0.6 is 23.2 Å². The van der Waals surface area contributed by atoms with Crippen molar-refractivity contribution in [2.75, 3.05) is 0 Å². The number of carbonyl (C=O) groups is 1. The fourth-order valence-corrected chi connectivity index (χ4v) is 3.95. The lowest BCUT2D eigenvalue weighted by Gasteiger charge is -2.36. The summed E-state index contributed by atoms with van der Waals surface area (Å²) in [6.07, 6.45) is -5.84. The molecule has 2 atom stereocenters. The van der Waals surface area contributed by atoms with E-state index in [1.165, 1.54) is 37.3 Å². The van der Waals surface area contributed by atoms with Crippen molar-refractivity contribution in [3.05, 3.63) is 86.3 Å². The molecule has 0 saturated heterocycles. The van der Waals surface area contributed by atoms with Crippen molar-refractivity contribution in [1.82, 2.24) is 4.98 Å². The Labute approximate surface area is 195 Å². The molecule has 11 heteroatoms. The number of pyridine rings is 1. The van der Waals surface area contributed by atoms with Crippen LogP contribution in [-0.2, 0) is 5.60 Å². The van der Waals surface area contributed by atoms with E-state index in [4.69, 9.17) is 28.3 Å². The number of aromatic amines is 1. The monoisotopic (exact) mass is 501 g/mol. The van der Waals surface area contributed by atoms with Crippen LogP contribution in [0.25, 0.3) is 11.1 Å². The van der Waals surface area contributed by atoms with Crippen molar-refractivity contribution in [3.63, 3.8) is 0 Å². The summed E-state index contributed by atoms with van der Waals surface area (Å²) >= 11 is 12.2. The summed E-state index contributed by atoms with van der Waals surface area (Å²) in [6.45, 7) is 1.17. The van der Waals surface area contributed by atoms with E-state index in [1.54, 1.807) is 6.07 Å². The third kappa shape index (κ3) is 4.85. The van der Waals surface area contributed by atoms with Crippen LogP contribution in [0, 0.1) is 0 Å². The highest BCUT2D eigenvalue weighted by Crippen LogP contribution is 2.49.